The van der Waals surface area contributed by atoms with Crippen molar-refractivity contribution in [2.24, 2.45) is 5.41 Å². The number of carbonyl (C=O) groups excluding carboxylic acids is 1. The van der Waals surface area contributed by atoms with Gasteiger partial charge >= 0.3 is 12.0 Å². The highest BCUT2D eigenvalue weighted by Crippen LogP contribution is 2.20. The number of anilines is 1. The van der Waals surface area contributed by atoms with Gasteiger partial charge in [-0.05, 0) is 23.5 Å². The number of aryl methyl sites for hydroxylation is 1. The van der Waals surface area contributed by atoms with Crippen LogP contribution in [0, 0.1) is 5.41 Å². The third kappa shape index (κ3) is 4.26. The van der Waals surface area contributed by atoms with E-state index in [0.29, 0.717) is 5.69 Å². The van der Waals surface area contributed by atoms with Crippen molar-refractivity contribution in [1.29, 1.82) is 0 Å². The topological polar surface area (TPSA) is 78.4 Å². The molecule has 1 atom stereocenters. The van der Waals surface area contributed by atoms with Gasteiger partial charge in [-0.3, -0.25) is 0 Å². The molecular weight excluding hydrogens is 256 g/mol. The molecule has 0 aliphatic carbocycles. The van der Waals surface area contributed by atoms with Crippen molar-refractivity contribution in [3.05, 3.63) is 29.8 Å². The van der Waals surface area contributed by atoms with E-state index in [1.165, 1.54) is 0 Å². The highest BCUT2D eigenvalue weighted by atomic mass is 16.4. The van der Waals surface area contributed by atoms with Crippen LogP contribution in [0.4, 0.5) is 10.5 Å². The van der Waals surface area contributed by atoms with Crippen molar-refractivity contribution >= 4 is 17.7 Å². The molecule has 0 fully saturated rings. The summed E-state index contributed by atoms with van der Waals surface area (Å²) in [4.78, 5) is 23.2. The molecular formula is C15H22N2O3. The number of benzene rings is 1. The van der Waals surface area contributed by atoms with Gasteiger partial charge in [0.15, 0.2) is 0 Å². The molecule has 0 aromatic heterocycles. The Balaban J connectivity index is 2.79. The molecule has 0 saturated heterocycles. The van der Waals surface area contributed by atoms with E-state index in [-0.39, 0.29) is 0 Å². The Kier molecular flexibility index (Phi) is 5.13. The first-order valence-corrected chi connectivity index (χ1v) is 6.64. The Hall–Kier alpha value is -2.04. The fourth-order valence-electron chi connectivity index (χ4n) is 1.89. The van der Waals surface area contributed by atoms with Crippen LogP contribution < -0.4 is 10.6 Å². The molecule has 0 saturated carbocycles. The lowest BCUT2D eigenvalue weighted by Crippen LogP contribution is -2.50. The lowest BCUT2D eigenvalue weighted by Gasteiger charge is -2.27. The molecule has 2 amide bonds. The molecule has 3 N–H and O–H groups in total. The van der Waals surface area contributed by atoms with E-state index in [1.54, 1.807) is 26.8 Å². The first kappa shape index (κ1) is 16.0. The highest BCUT2D eigenvalue weighted by molar-refractivity contribution is 5.93. The Labute approximate surface area is 119 Å². The van der Waals surface area contributed by atoms with Gasteiger partial charge < -0.3 is 15.7 Å². The maximum atomic E-state index is 12.0. The molecule has 5 heteroatoms. The van der Waals surface area contributed by atoms with E-state index in [0.717, 1.165) is 12.0 Å². The number of rotatable bonds is 4. The molecule has 0 bridgehead atoms. The summed E-state index contributed by atoms with van der Waals surface area (Å²) in [5.41, 5.74) is 1.14. The number of urea groups is 1. The number of carbonyl (C=O) groups is 2. The Bertz CT molecular complexity index is 492. The number of aliphatic carboxylic acids is 1. The second-order valence-electron chi connectivity index (χ2n) is 5.75. The number of amides is 2. The van der Waals surface area contributed by atoms with Gasteiger partial charge in [0.25, 0.3) is 0 Å². The summed E-state index contributed by atoms with van der Waals surface area (Å²) in [6.07, 6.45) is 0.790. The van der Waals surface area contributed by atoms with Crippen LogP contribution in [0.5, 0.6) is 0 Å². The molecule has 1 unspecified atom stereocenters. The van der Waals surface area contributed by atoms with E-state index in [9.17, 15) is 14.7 Å². The molecule has 1 aromatic carbocycles. The quantitative estimate of drug-likeness (QED) is 0.792. The SMILES string of the molecule is CCc1ccccc1NC(=O)NC(C(=O)O)C(C)(C)C. The van der Waals surface area contributed by atoms with Gasteiger partial charge in [0.05, 0.1) is 0 Å². The van der Waals surface area contributed by atoms with E-state index in [1.807, 2.05) is 25.1 Å². The van der Waals surface area contributed by atoms with Crippen molar-refractivity contribution in [2.45, 2.75) is 40.2 Å². The number of carboxylic acid groups (broad SMARTS) is 1. The fraction of sp³-hybridized carbons (Fsp3) is 0.467. The number of carboxylic acids is 1. The predicted octanol–water partition coefficient (Wildman–Crippen LogP) is 2.87. The average molecular weight is 278 g/mol. The summed E-state index contributed by atoms with van der Waals surface area (Å²) in [5, 5.41) is 14.4. The Morgan fingerprint density at radius 1 is 1.25 bits per heavy atom. The molecule has 1 aromatic rings. The average Bonchev–Trinajstić information content (AvgIpc) is 2.35. The summed E-state index contributed by atoms with van der Waals surface area (Å²) in [5.74, 6) is -1.04. The summed E-state index contributed by atoms with van der Waals surface area (Å²) < 4.78 is 0. The van der Waals surface area contributed by atoms with Crippen LogP contribution in [-0.4, -0.2) is 23.1 Å². The smallest absolute Gasteiger partial charge is 0.326 e. The van der Waals surface area contributed by atoms with Crippen LogP contribution in [0.1, 0.15) is 33.3 Å². The third-order valence-corrected chi connectivity index (χ3v) is 3.03. The van der Waals surface area contributed by atoms with Crippen LogP contribution in [0.2, 0.25) is 0 Å². The molecule has 0 spiro atoms. The molecule has 0 aliphatic heterocycles. The first-order valence-electron chi connectivity index (χ1n) is 6.64. The van der Waals surface area contributed by atoms with Gasteiger partial charge in [-0.1, -0.05) is 45.9 Å². The zero-order chi connectivity index (χ0) is 15.3. The van der Waals surface area contributed by atoms with Crippen molar-refractivity contribution in [3.8, 4) is 0 Å². The second kappa shape index (κ2) is 6.41. The monoisotopic (exact) mass is 278 g/mol. The maximum Gasteiger partial charge on any atom is 0.326 e. The maximum absolute atomic E-state index is 12.0. The molecule has 0 radical (unpaired) electrons. The zero-order valence-corrected chi connectivity index (χ0v) is 12.4. The van der Waals surface area contributed by atoms with Gasteiger partial charge in [-0.25, -0.2) is 9.59 Å². The summed E-state index contributed by atoms with van der Waals surface area (Å²) in [7, 11) is 0. The highest BCUT2D eigenvalue weighted by Gasteiger charge is 2.32. The van der Waals surface area contributed by atoms with E-state index >= 15 is 0 Å². The van der Waals surface area contributed by atoms with Crippen molar-refractivity contribution < 1.29 is 14.7 Å². The standard InChI is InChI=1S/C15H22N2O3/c1-5-10-8-6-7-9-11(10)16-14(20)17-12(13(18)19)15(2,3)4/h6-9,12H,5H2,1-4H3,(H,18,19)(H2,16,17,20). The minimum absolute atomic E-state index is 0.506. The summed E-state index contributed by atoms with van der Waals surface area (Å²) in [6.45, 7) is 7.30. The second-order valence-corrected chi connectivity index (χ2v) is 5.75. The largest absolute Gasteiger partial charge is 0.480 e. The summed E-state index contributed by atoms with van der Waals surface area (Å²) in [6, 6.07) is 5.99. The Morgan fingerprint density at radius 2 is 1.85 bits per heavy atom. The lowest BCUT2D eigenvalue weighted by atomic mass is 9.87. The molecule has 1 rings (SSSR count). The predicted molar refractivity (Wildman–Crippen MR) is 78.9 cm³/mol. The molecule has 110 valence electrons. The van der Waals surface area contributed by atoms with E-state index in [2.05, 4.69) is 10.6 Å². The third-order valence-electron chi connectivity index (χ3n) is 3.03. The van der Waals surface area contributed by atoms with Gasteiger partial charge in [0, 0.05) is 5.69 Å². The van der Waals surface area contributed by atoms with E-state index in [4.69, 9.17) is 0 Å². The van der Waals surface area contributed by atoms with Crippen LogP contribution in [0.3, 0.4) is 0 Å². The molecule has 5 nitrogen and oxygen atoms in total. The van der Waals surface area contributed by atoms with Gasteiger partial charge in [0.2, 0.25) is 0 Å². The number of hydrogen-bond acceptors (Lipinski definition) is 2. The summed E-state index contributed by atoms with van der Waals surface area (Å²) >= 11 is 0. The minimum Gasteiger partial charge on any atom is -0.480 e. The van der Waals surface area contributed by atoms with Crippen molar-refractivity contribution in [1.82, 2.24) is 5.32 Å². The van der Waals surface area contributed by atoms with Gasteiger partial charge in [-0.2, -0.15) is 0 Å². The lowest BCUT2D eigenvalue weighted by molar-refractivity contribution is -0.141. The zero-order valence-electron chi connectivity index (χ0n) is 12.4. The first-order chi connectivity index (χ1) is 9.25. The van der Waals surface area contributed by atoms with Crippen LogP contribution in [0.15, 0.2) is 24.3 Å². The number of nitrogens with one attached hydrogen (secondary N) is 2. The Morgan fingerprint density at radius 3 is 2.35 bits per heavy atom. The van der Waals surface area contributed by atoms with Crippen molar-refractivity contribution in [3.63, 3.8) is 0 Å². The van der Waals surface area contributed by atoms with Crippen LogP contribution >= 0.6 is 0 Å². The number of para-hydroxylation sites is 1. The molecule has 20 heavy (non-hydrogen) atoms. The minimum atomic E-state index is -1.04. The van der Waals surface area contributed by atoms with Gasteiger partial charge in [0.1, 0.15) is 6.04 Å². The van der Waals surface area contributed by atoms with Gasteiger partial charge in [-0.15, -0.1) is 0 Å². The van der Waals surface area contributed by atoms with Crippen LogP contribution in [-0.2, 0) is 11.2 Å². The van der Waals surface area contributed by atoms with Crippen LogP contribution in [0.25, 0.3) is 0 Å². The normalized spacial score (nSPS) is 12.6. The van der Waals surface area contributed by atoms with Crippen molar-refractivity contribution in [2.75, 3.05) is 5.32 Å². The fourth-order valence-corrected chi connectivity index (χ4v) is 1.89. The molecule has 0 aliphatic rings. The number of hydrogen-bond donors (Lipinski definition) is 3. The molecule has 0 heterocycles. The van der Waals surface area contributed by atoms with E-state index < -0.39 is 23.5 Å².